The second-order valence-corrected chi connectivity index (χ2v) is 5.31. The van der Waals surface area contributed by atoms with Gasteiger partial charge in [0, 0.05) is 32.7 Å². The summed E-state index contributed by atoms with van der Waals surface area (Å²) in [4.78, 5) is 0. The molecule has 1 atom stereocenters. The van der Waals surface area contributed by atoms with Crippen LogP contribution in [0, 0.1) is 6.92 Å². The smallest absolute Gasteiger partial charge is 0.0738 e. The fraction of sp³-hybridized carbons (Fsp3) is 0.769. The highest BCUT2D eigenvalue weighted by Crippen LogP contribution is 2.22. The molecule has 1 unspecified atom stereocenters. The summed E-state index contributed by atoms with van der Waals surface area (Å²) in [7, 11) is 1.67. The van der Waals surface area contributed by atoms with Gasteiger partial charge in [-0.3, -0.25) is 4.68 Å². The molecule has 1 rings (SSSR count). The zero-order chi connectivity index (χ0) is 14.3. The Hall–Kier alpha value is -0.430. The second kappa shape index (κ2) is 8.68. The summed E-state index contributed by atoms with van der Waals surface area (Å²) >= 11 is 3.59. The second-order valence-electron chi connectivity index (χ2n) is 4.52. The minimum Gasteiger partial charge on any atom is -0.382 e. The summed E-state index contributed by atoms with van der Waals surface area (Å²) in [6.07, 6.45) is 1.65. The van der Waals surface area contributed by atoms with E-state index in [1.165, 1.54) is 5.69 Å². The Morgan fingerprint density at radius 1 is 1.37 bits per heavy atom. The molecule has 0 saturated carbocycles. The molecule has 1 aromatic heterocycles. The largest absolute Gasteiger partial charge is 0.382 e. The van der Waals surface area contributed by atoms with Gasteiger partial charge >= 0.3 is 0 Å². The first-order valence-corrected chi connectivity index (χ1v) is 7.43. The van der Waals surface area contributed by atoms with E-state index in [1.807, 2.05) is 11.6 Å². The zero-order valence-electron chi connectivity index (χ0n) is 12.0. The molecular weight excluding hydrogens is 310 g/mol. The number of halogens is 1. The van der Waals surface area contributed by atoms with Crippen LogP contribution in [-0.4, -0.2) is 42.8 Å². The average Bonchev–Trinajstić information content (AvgIpc) is 2.66. The molecule has 1 aromatic rings. The molecule has 0 spiro atoms. The number of aryl methyl sites for hydroxylation is 2. The predicted molar refractivity (Wildman–Crippen MR) is 79.3 cm³/mol. The van der Waals surface area contributed by atoms with Crippen LogP contribution in [0.2, 0.25) is 0 Å². The van der Waals surface area contributed by atoms with Gasteiger partial charge in [-0.25, -0.2) is 0 Å². The molecule has 0 amide bonds. The SMILES string of the molecule is CCn1nc(C)c(Br)c1CC(N)CCOCCOC. The number of hydrogen-bond acceptors (Lipinski definition) is 4. The number of nitrogens with two attached hydrogens (primary N) is 1. The number of nitrogens with zero attached hydrogens (tertiary/aromatic N) is 2. The molecule has 6 heteroatoms. The molecule has 0 aliphatic rings. The van der Waals surface area contributed by atoms with Crippen LogP contribution in [0.5, 0.6) is 0 Å². The summed E-state index contributed by atoms with van der Waals surface area (Å²) in [5.74, 6) is 0. The summed E-state index contributed by atoms with van der Waals surface area (Å²) in [6.45, 7) is 6.86. The quantitative estimate of drug-likeness (QED) is 0.701. The van der Waals surface area contributed by atoms with Crippen molar-refractivity contribution in [3.63, 3.8) is 0 Å². The average molecular weight is 334 g/mol. The fourth-order valence-corrected chi connectivity index (χ4v) is 2.34. The van der Waals surface area contributed by atoms with Crippen LogP contribution >= 0.6 is 15.9 Å². The van der Waals surface area contributed by atoms with Gasteiger partial charge in [0.25, 0.3) is 0 Å². The van der Waals surface area contributed by atoms with Crippen molar-refractivity contribution in [1.29, 1.82) is 0 Å². The standard InChI is InChI=1S/C13H24BrN3O2/c1-4-17-12(13(14)10(2)16-17)9-11(15)5-6-19-8-7-18-3/h11H,4-9,15H2,1-3H3. The van der Waals surface area contributed by atoms with Crippen LogP contribution in [0.25, 0.3) is 0 Å². The van der Waals surface area contributed by atoms with Crippen molar-refractivity contribution >= 4 is 15.9 Å². The van der Waals surface area contributed by atoms with Gasteiger partial charge in [-0.2, -0.15) is 5.10 Å². The minimum atomic E-state index is 0.0836. The van der Waals surface area contributed by atoms with Crippen molar-refractivity contribution in [2.24, 2.45) is 5.73 Å². The number of rotatable bonds is 9. The third-order valence-electron chi connectivity index (χ3n) is 2.97. The summed E-state index contributed by atoms with van der Waals surface area (Å²) in [5.41, 5.74) is 8.33. The van der Waals surface area contributed by atoms with Crippen molar-refractivity contribution in [2.75, 3.05) is 26.9 Å². The lowest BCUT2D eigenvalue weighted by Crippen LogP contribution is -2.26. The van der Waals surface area contributed by atoms with Crippen LogP contribution in [-0.2, 0) is 22.4 Å². The van der Waals surface area contributed by atoms with E-state index in [-0.39, 0.29) is 6.04 Å². The number of aromatic nitrogens is 2. The van der Waals surface area contributed by atoms with Crippen LogP contribution in [0.3, 0.4) is 0 Å². The van der Waals surface area contributed by atoms with Crippen molar-refractivity contribution < 1.29 is 9.47 Å². The predicted octanol–water partition coefficient (Wildman–Crippen LogP) is 1.90. The maximum absolute atomic E-state index is 6.15. The van der Waals surface area contributed by atoms with Gasteiger partial charge < -0.3 is 15.2 Å². The van der Waals surface area contributed by atoms with Gasteiger partial charge in [0.2, 0.25) is 0 Å². The third kappa shape index (κ3) is 5.22. The molecule has 5 nitrogen and oxygen atoms in total. The van der Waals surface area contributed by atoms with E-state index in [1.54, 1.807) is 7.11 Å². The van der Waals surface area contributed by atoms with Crippen LogP contribution in [0.4, 0.5) is 0 Å². The molecule has 1 heterocycles. The molecule has 0 aliphatic carbocycles. The molecule has 2 N–H and O–H groups in total. The van der Waals surface area contributed by atoms with Gasteiger partial charge in [0.1, 0.15) is 0 Å². The van der Waals surface area contributed by atoms with Crippen molar-refractivity contribution in [2.45, 2.75) is 39.3 Å². The molecule has 0 fully saturated rings. The maximum atomic E-state index is 6.15. The van der Waals surface area contributed by atoms with Crippen LogP contribution in [0.15, 0.2) is 4.47 Å². The summed E-state index contributed by atoms with van der Waals surface area (Å²) in [5, 5.41) is 4.47. The van der Waals surface area contributed by atoms with E-state index in [0.717, 1.165) is 29.6 Å². The van der Waals surface area contributed by atoms with E-state index >= 15 is 0 Å². The lowest BCUT2D eigenvalue weighted by molar-refractivity contribution is 0.0671. The zero-order valence-corrected chi connectivity index (χ0v) is 13.6. The van der Waals surface area contributed by atoms with E-state index < -0.39 is 0 Å². The van der Waals surface area contributed by atoms with Crippen LogP contribution in [0.1, 0.15) is 24.7 Å². The molecular formula is C13H24BrN3O2. The maximum Gasteiger partial charge on any atom is 0.0738 e. The van der Waals surface area contributed by atoms with E-state index in [4.69, 9.17) is 15.2 Å². The Bertz CT molecular complexity index is 382. The lowest BCUT2D eigenvalue weighted by Gasteiger charge is -2.13. The van der Waals surface area contributed by atoms with Crippen molar-refractivity contribution in [3.05, 3.63) is 15.9 Å². The van der Waals surface area contributed by atoms with E-state index in [2.05, 4.69) is 28.0 Å². The third-order valence-corrected chi connectivity index (χ3v) is 4.00. The van der Waals surface area contributed by atoms with Gasteiger partial charge in [-0.1, -0.05) is 0 Å². The van der Waals surface area contributed by atoms with E-state index in [9.17, 15) is 0 Å². The first-order valence-electron chi connectivity index (χ1n) is 6.64. The van der Waals surface area contributed by atoms with E-state index in [0.29, 0.717) is 19.8 Å². The Morgan fingerprint density at radius 3 is 2.74 bits per heavy atom. The molecule has 110 valence electrons. The minimum absolute atomic E-state index is 0.0836. The lowest BCUT2D eigenvalue weighted by atomic mass is 10.1. The number of ether oxygens (including phenoxy) is 2. The van der Waals surface area contributed by atoms with Gasteiger partial charge in [-0.05, 0) is 36.2 Å². The van der Waals surface area contributed by atoms with Crippen molar-refractivity contribution in [1.82, 2.24) is 9.78 Å². The van der Waals surface area contributed by atoms with Gasteiger partial charge in [0.15, 0.2) is 0 Å². The van der Waals surface area contributed by atoms with Gasteiger partial charge in [0.05, 0.1) is 29.1 Å². The molecule has 0 aromatic carbocycles. The summed E-state index contributed by atoms with van der Waals surface area (Å²) in [6, 6.07) is 0.0836. The number of hydrogen-bond donors (Lipinski definition) is 1. The van der Waals surface area contributed by atoms with Crippen LogP contribution < -0.4 is 5.73 Å². The molecule has 0 bridgehead atoms. The topological polar surface area (TPSA) is 62.3 Å². The Labute approximate surface area is 123 Å². The Balaban J connectivity index is 2.41. The Morgan fingerprint density at radius 2 is 2.11 bits per heavy atom. The number of methoxy groups -OCH3 is 1. The molecule has 19 heavy (non-hydrogen) atoms. The summed E-state index contributed by atoms with van der Waals surface area (Å²) < 4.78 is 13.4. The normalized spacial score (nSPS) is 12.9. The highest BCUT2D eigenvalue weighted by atomic mass is 79.9. The first kappa shape index (κ1) is 16.6. The highest BCUT2D eigenvalue weighted by Gasteiger charge is 2.15. The molecule has 0 aliphatic heterocycles. The Kier molecular flexibility index (Phi) is 7.60. The fourth-order valence-electron chi connectivity index (χ4n) is 1.89. The van der Waals surface area contributed by atoms with Gasteiger partial charge in [-0.15, -0.1) is 0 Å². The molecule has 0 radical (unpaired) electrons. The highest BCUT2D eigenvalue weighted by molar-refractivity contribution is 9.10. The van der Waals surface area contributed by atoms with Crippen molar-refractivity contribution in [3.8, 4) is 0 Å². The monoisotopic (exact) mass is 333 g/mol. The first-order chi connectivity index (χ1) is 9.10. The molecule has 0 saturated heterocycles.